The van der Waals surface area contributed by atoms with E-state index in [1.54, 1.807) is 23.6 Å². The van der Waals surface area contributed by atoms with E-state index in [1.165, 1.54) is 19.3 Å². The minimum Gasteiger partial charge on any atom is -0.451 e. The Bertz CT molecular complexity index is 599. The number of carbonyl (C=O) groups is 1. The van der Waals surface area contributed by atoms with Crippen molar-refractivity contribution in [3.63, 3.8) is 0 Å². The molecule has 0 spiro atoms. The Hall–Kier alpha value is -2.08. The lowest BCUT2D eigenvalue weighted by Crippen LogP contribution is -2.08. The summed E-state index contributed by atoms with van der Waals surface area (Å²) in [5.74, 6) is 0. The van der Waals surface area contributed by atoms with E-state index in [9.17, 15) is 14.9 Å². The summed E-state index contributed by atoms with van der Waals surface area (Å²) in [7, 11) is -2.26. The van der Waals surface area contributed by atoms with Crippen molar-refractivity contribution in [3.8, 4) is 0 Å². The molecule has 0 aromatic carbocycles. The van der Waals surface area contributed by atoms with Crippen LogP contribution in [0, 0.1) is 10.1 Å². The molecule has 5 nitrogen and oxygen atoms in total. The molecule has 1 aliphatic rings. The number of hydrogen-bond donors (Lipinski definition) is 0. The van der Waals surface area contributed by atoms with Crippen LogP contribution in [-0.4, -0.2) is 10.0 Å². The zero-order valence-electron chi connectivity index (χ0n) is 9.66. The van der Waals surface area contributed by atoms with Crippen LogP contribution in [0.4, 0.5) is 5.69 Å². The highest BCUT2D eigenvalue weighted by atomic mass is 32.3. The molecular formula is C12H11NO4S. The lowest BCUT2D eigenvalue weighted by Gasteiger charge is -2.29. The summed E-state index contributed by atoms with van der Waals surface area (Å²) in [5, 5.41) is 12.6. The maximum atomic E-state index is 12.0. The molecule has 0 amide bonds. The van der Waals surface area contributed by atoms with E-state index in [-0.39, 0.29) is 15.9 Å². The first-order valence-corrected chi connectivity index (χ1v) is 6.80. The van der Waals surface area contributed by atoms with Gasteiger partial charge in [0.25, 0.3) is 0 Å². The fourth-order valence-electron chi connectivity index (χ4n) is 1.86. The third-order valence-corrected chi connectivity index (χ3v) is 6.08. The molecular weight excluding hydrogens is 254 g/mol. The van der Waals surface area contributed by atoms with Crippen LogP contribution in [0.25, 0.3) is 0 Å². The van der Waals surface area contributed by atoms with Gasteiger partial charge in [-0.2, -0.15) is 0 Å². The molecule has 1 unspecified atom stereocenters. The molecule has 6 heteroatoms. The van der Waals surface area contributed by atoms with Crippen LogP contribution in [0.15, 0.2) is 57.0 Å². The average molecular weight is 265 g/mol. The molecule has 2 heterocycles. The van der Waals surface area contributed by atoms with Crippen LogP contribution < -0.4 is 0 Å². The third-order valence-electron chi connectivity index (χ3n) is 2.67. The summed E-state index contributed by atoms with van der Waals surface area (Å²) in [6.07, 6.45) is 6.22. The Kier molecular flexibility index (Phi) is 2.96. The van der Waals surface area contributed by atoms with Gasteiger partial charge >= 0.3 is 5.69 Å². The molecule has 1 aliphatic heterocycles. The summed E-state index contributed by atoms with van der Waals surface area (Å²) >= 11 is 0. The van der Waals surface area contributed by atoms with E-state index in [1.807, 2.05) is 0 Å². The summed E-state index contributed by atoms with van der Waals surface area (Å²) in [4.78, 5) is 23.1. The Morgan fingerprint density at radius 3 is 2.89 bits per heavy atom. The second-order valence-corrected chi connectivity index (χ2v) is 6.61. The Morgan fingerprint density at radius 1 is 1.61 bits per heavy atom. The average Bonchev–Trinajstić information content (AvgIpc) is 2.95. The van der Waals surface area contributed by atoms with Crippen LogP contribution in [0.2, 0.25) is 0 Å². The van der Waals surface area contributed by atoms with Gasteiger partial charge < -0.3 is 4.42 Å². The molecule has 0 N–H and O–H groups in total. The fraction of sp³-hybridized carbons (Fsp3) is 0.0833. The van der Waals surface area contributed by atoms with Gasteiger partial charge in [0.15, 0.2) is 5.12 Å². The molecule has 0 fully saturated rings. The van der Waals surface area contributed by atoms with Gasteiger partial charge in [-0.05, 0) is 11.5 Å². The van der Waals surface area contributed by atoms with Gasteiger partial charge in [-0.25, -0.2) is 0 Å². The normalized spacial score (nSPS) is 25.3. The Morgan fingerprint density at radius 2 is 2.33 bits per heavy atom. The maximum absolute atomic E-state index is 12.0. The maximum Gasteiger partial charge on any atom is 0.320 e. The first-order valence-electron chi connectivity index (χ1n) is 5.11. The standard InChI is InChI=1S/C12H11NO4S/c1-3-10-5-4-8-18(10,9(2)14)12-11(13(15)16)6-7-17-12/h3-8H,1H2,2H3. The zero-order valence-corrected chi connectivity index (χ0v) is 10.5. The molecule has 94 valence electrons. The number of rotatable bonds is 3. The molecule has 0 radical (unpaired) electrons. The smallest absolute Gasteiger partial charge is 0.320 e. The minimum atomic E-state index is -2.26. The highest BCUT2D eigenvalue weighted by Crippen LogP contribution is 2.68. The van der Waals surface area contributed by atoms with Gasteiger partial charge in [-0.15, -0.1) is 0 Å². The monoisotopic (exact) mass is 265 g/mol. The molecule has 1 aromatic heterocycles. The number of carbonyl (C=O) groups excluding carboxylic acids is 1. The number of allylic oxidation sites excluding steroid dienone is 3. The molecule has 18 heavy (non-hydrogen) atoms. The molecule has 0 saturated carbocycles. The first kappa shape index (κ1) is 12.4. The van der Waals surface area contributed by atoms with Gasteiger partial charge in [-0.3, -0.25) is 14.9 Å². The number of furan rings is 1. The van der Waals surface area contributed by atoms with E-state index < -0.39 is 15.0 Å². The number of nitro groups is 1. The number of hydrogen-bond acceptors (Lipinski definition) is 4. The molecule has 2 rings (SSSR count). The predicted octanol–water partition coefficient (Wildman–Crippen LogP) is 3.50. The SMILES string of the molecule is C=CC1=CC=CS1(C(C)=O)c1occc1[N+](=O)[O-]. The second-order valence-electron chi connectivity index (χ2n) is 3.60. The van der Waals surface area contributed by atoms with Gasteiger partial charge in [0.05, 0.1) is 17.3 Å². The van der Waals surface area contributed by atoms with Crippen molar-refractivity contribution in [2.75, 3.05) is 0 Å². The molecule has 0 saturated heterocycles. The first-order chi connectivity index (χ1) is 8.54. The van der Waals surface area contributed by atoms with Crippen molar-refractivity contribution < 1.29 is 14.1 Å². The van der Waals surface area contributed by atoms with E-state index in [2.05, 4.69) is 6.58 Å². The topological polar surface area (TPSA) is 73.3 Å². The van der Waals surface area contributed by atoms with Crippen LogP contribution in [0.1, 0.15) is 6.92 Å². The van der Waals surface area contributed by atoms with Crippen LogP contribution in [0.5, 0.6) is 0 Å². The van der Waals surface area contributed by atoms with Crippen molar-refractivity contribution in [3.05, 3.63) is 57.6 Å². The van der Waals surface area contributed by atoms with Crippen molar-refractivity contribution in [2.45, 2.75) is 12.0 Å². The van der Waals surface area contributed by atoms with Gasteiger partial charge in [0.2, 0.25) is 5.09 Å². The van der Waals surface area contributed by atoms with Gasteiger partial charge in [-0.1, -0.05) is 28.8 Å². The van der Waals surface area contributed by atoms with Crippen LogP contribution in [-0.2, 0) is 4.79 Å². The minimum absolute atomic E-state index is 0.111. The van der Waals surface area contributed by atoms with Crippen molar-refractivity contribution >= 4 is 20.8 Å². The predicted molar refractivity (Wildman–Crippen MR) is 69.3 cm³/mol. The largest absolute Gasteiger partial charge is 0.451 e. The lowest BCUT2D eigenvalue weighted by atomic mass is 10.5. The van der Waals surface area contributed by atoms with E-state index >= 15 is 0 Å². The summed E-state index contributed by atoms with van der Waals surface area (Å²) in [5.41, 5.74) is -0.167. The van der Waals surface area contributed by atoms with E-state index in [0.717, 1.165) is 0 Å². The lowest BCUT2D eigenvalue weighted by molar-refractivity contribution is -0.388. The molecule has 0 bridgehead atoms. The third kappa shape index (κ3) is 1.53. The van der Waals surface area contributed by atoms with Crippen molar-refractivity contribution in [2.24, 2.45) is 0 Å². The Balaban J connectivity index is 2.70. The Labute approximate surface area is 105 Å². The van der Waals surface area contributed by atoms with Gasteiger partial charge in [0.1, 0.15) is 0 Å². The molecule has 0 aliphatic carbocycles. The molecule has 1 atom stereocenters. The van der Waals surface area contributed by atoms with E-state index in [0.29, 0.717) is 4.91 Å². The van der Waals surface area contributed by atoms with Gasteiger partial charge in [0, 0.05) is 11.8 Å². The van der Waals surface area contributed by atoms with Crippen LogP contribution >= 0.6 is 10.0 Å². The zero-order chi connectivity index (χ0) is 13.3. The summed E-state index contributed by atoms with van der Waals surface area (Å²) in [6, 6.07) is 1.26. The summed E-state index contributed by atoms with van der Waals surface area (Å²) < 4.78 is 5.24. The van der Waals surface area contributed by atoms with Crippen LogP contribution in [0.3, 0.4) is 0 Å². The van der Waals surface area contributed by atoms with Crippen molar-refractivity contribution in [1.29, 1.82) is 0 Å². The highest BCUT2D eigenvalue weighted by molar-refractivity contribution is 8.50. The second kappa shape index (κ2) is 4.30. The fourth-order valence-corrected chi connectivity index (χ4v) is 4.69. The quantitative estimate of drug-likeness (QED) is 0.619. The highest BCUT2D eigenvalue weighted by Gasteiger charge is 2.42. The molecule has 1 aromatic rings. The van der Waals surface area contributed by atoms with Crippen molar-refractivity contribution in [1.82, 2.24) is 0 Å². The van der Waals surface area contributed by atoms with E-state index in [4.69, 9.17) is 4.42 Å². The number of nitrogens with zero attached hydrogens (tertiary/aromatic N) is 1. The summed E-state index contributed by atoms with van der Waals surface area (Å²) in [6.45, 7) is 5.06.